The van der Waals surface area contributed by atoms with E-state index in [0.717, 1.165) is 12.8 Å². The summed E-state index contributed by atoms with van der Waals surface area (Å²) in [6.07, 6.45) is 2.99. The average Bonchev–Trinajstić information content (AvgIpc) is 2.57. The number of halogens is 2. The molecule has 1 saturated heterocycles. The van der Waals surface area contributed by atoms with Gasteiger partial charge < -0.3 is 14.6 Å². The summed E-state index contributed by atoms with van der Waals surface area (Å²) in [5.74, 6) is 0.00331. The van der Waals surface area contributed by atoms with Crippen LogP contribution in [-0.4, -0.2) is 41.3 Å². The van der Waals surface area contributed by atoms with Crippen LogP contribution in [0.15, 0.2) is 23.1 Å². The lowest BCUT2D eigenvalue weighted by atomic mass is 10.1. The minimum absolute atomic E-state index is 0.0252. The van der Waals surface area contributed by atoms with Gasteiger partial charge in [-0.15, -0.1) is 0 Å². The van der Waals surface area contributed by atoms with Crippen LogP contribution in [0.1, 0.15) is 12.8 Å². The van der Waals surface area contributed by atoms with Gasteiger partial charge in [-0.05, 0) is 18.9 Å². The first kappa shape index (κ1) is 15.9. The van der Waals surface area contributed by atoms with Crippen molar-refractivity contribution in [3.05, 3.63) is 39.7 Å². The van der Waals surface area contributed by atoms with Crippen LogP contribution < -0.4 is 10.5 Å². The van der Waals surface area contributed by atoms with Crippen molar-refractivity contribution in [2.45, 2.75) is 18.9 Å². The van der Waals surface area contributed by atoms with Crippen LogP contribution in [0.5, 0.6) is 0 Å². The van der Waals surface area contributed by atoms with Gasteiger partial charge in [-0.3, -0.25) is 4.79 Å². The number of anilines is 1. The molecule has 23 heavy (non-hydrogen) atoms. The number of hydrogen-bond acceptors (Lipinski definition) is 5. The molecule has 1 N–H and O–H groups in total. The van der Waals surface area contributed by atoms with Crippen LogP contribution in [0, 0.1) is 5.95 Å². The highest BCUT2D eigenvalue weighted by Gasteiger charge is 2.23. The molecule has 1 aliphatic heterocycles. The number of pyridine rings is 1. The molecule has 8 heteroatoms. The monoisotopic (exact) mass is 338 g/mol. The van der Waals surface area contributed by atoms with Crippen LogP contribution in [0.4, 0.5) is 10.2 Å². The molecule has 3 heterocycles. The van der Waals surface area contributed by atoms with E-state index >= 15 is 0 Å². The number of hydrogen-bond donors (Lipinski definition) is 1. The molecule has 122 valence electrons. The van der Waals surface area contributed by atoms with E-state index in [1.165, 1.54) is 12.3 Å². The molecule has 0 radical (unpaired) electrons. The molecule has 0 spiro atoms. The molecule has 3 rings (SSSR count). The fourth-order valence-electron chi connectivity index (χ4n) is 2.61. The Morgan fingerprint density at radius 1 is 1.43 bits per heavy atom. The predicted molar refractivity (Wildman–Crippen MR) is 85.3 cm³/mol. The Labute approximate surface area is 137 Å². The molecule has 6 nitrogen and oxygen atoms in total. The molecular weight excluding hydrogens is 323 g/mol. The lowest BCUT2D eigenvalue weighted by Crippen LogP contribution is -2.38. The standard InChI is InChI=1S/C15H16ClFN4O2/c1-21(10-3-6-23-7-4-10)14-12(16)15(22)20-13(19-14)9-2-5-18-11(17)8-9/h2,5,8,10H,3-4,6-7H2,1H3,(H,19,20,22). The Hall–Kier alpha value is -1.99. The van der Waals surface area contributed by atoms with Gasteiger partial charge in [0, 0.05) is 44.1 Å². The van der Waals surface area contributed by atoms with E-state index in [1.54, 1.807) is 6.07 Å². The van der Waals surface area contributed by atoms with Gasteiger partial charge in [0.1, 0.15) is 10.8 Å². The van der Waals surface area contributed by atoms with E-state index in [9.17, 15) is 9.18 Å². The van der Waals surface area contributed by atoms with E-state index in [4.69, 9.17) is 16.3 Å². The first-order valence-corrected chi connectivity index (χ1v) is 7.66. The Morgan fingerprint density at radius 2 is 2.17 bits per heavy atom. The number of aromatic nitrogens is 3. The van der Waals surface area contributed by atoms with Crippen molar-refractivity contribution in [3.63, 3.8) is 0 Å². The third-order valence-corrected chi connectivity index (χ3v) is 4.26. The van der Waals surface area contributed by atoms with E-state index in [1.807, 2.05) is 11.9 Å². The molecule has 0 amide bonds. The minimum atomic E-state index is -0.639. The first-order valence-electron chi connectivity index (χ1n) is 7.28. The summed E-state index contributed by atoms with van der Waals surface area (Å²) in [4.78, 5) is 24.5. The topological polar surface area (TPSA) is 71.1 Å². The normalized spacial score (nSPS) is 15.6. The Balaban J connectivity index is 2.01. The summed E-state index contributed by atoms with van der Waals surface area (Å²) in [7, 11) is 1.85. The van der Waals surface area contributed by atoms with Crippen LogP contribution >= 0.6 is 11.6 Å². The van der Waals surface area contributed by atoms with Crippen molar-refractivity contribution in [2.24, 2.45) is 0 Å². The van der Waals surface area contributed by atoms with Crippen molar-refractivity contribution in [3.8, 4) is 11.4 Å². The molecule has 2 aromatic heterocycles. The number of nitrogens with one attached hydrogen (secondary N) is 1. The van der Waals surface area contributed by atoms with Gasteiger partial charge in [-0.2, -0.15) is 4.39 Å². The van der Waals surface area contributed by atoms with E-state index in [2.05, 4.69) is 15.0 Å². The second-order valence-electron chi connectivity index (χ2n) is 5.37. The van der Waals surface area contributed by atoms with Gasteiger partial charge in [0.2, 0.25) is 5.95 Å². The fourth-order valence-corrected chi connectivity index (χ4v) is 2.84. The maximum atomic E-state index is 13.3. The van der Waals surface area contributed by atoms with Crippen LogP contribution in [0.3, 0.4) is 0 Å². The molecule has 0 aromatic carbocycles. The smallest absolute Gasteiger partial charge is 0.272 e. The molecule has 1 aliphatic rings. The molecular formula is C15H16ClFN4O2. The molecule has 2 aromatic rings. The summed E-state index contributed by atoms with van der Waals surface area (Å²) in [6, 6.07) is 2.98. The zero-order valence-electron chi connectivity index (χ0n) is 12.6. The predicted octanol–water partition coefficient (Wildman–Crippen LogP) is 2.24. The summed E-state index contributed by atoms with van der Waals surface area (Å²) >= 11 is 6.13. The highest BCUT2D eigenvalue weighted by atomic mass is 35.5. The first-order chi connectivity index (χ1) is 11.1. The minimum Gasteiger partial charge on any atom is -0.381 e. The summed E-state index contributed by atoms with van der Waals surface area (Å²) in [6.45, 7) is 1.33. The Kier molecular flexibility index (Phi) is 4.58. The van der Waals surface area contributed by atoms with Crippen molar-refractivity contribution >= 4 is 17.4 Å². The number of rotatable bonds is 3. The van der Waals surface area contributed by atoms with E-state index in [-0.39, 0.29) is 16.9 Å². The number of H-pyrrole nitrogens is 1. The maximum Gasteiger partial charge on any atom is 0.272 e. The van der Waals surface area contributed by atoms with E-state index in [0.29, 0.717) is 24.6 Å². The van der Waals surface area contributed by atoms with Crippen molar-refractivity contribution < 1.29 is 9.13 Å². The van der Waals surface area contributed by atoms with Gasteiger partial charge >= 0.3 is 0 Å². The zero-order chi connectivity index (χ0) is 16.4. The third kappa shape index (κ3) is 3.35. The largest absolute Gasteiger partial charge is 0.381 e. The SMILES string of the molecule is CN(c1nc(-c2ccnc(F)c2)[nH]c(=O)c1Cl)C1CCOCC1. The molecule has 1 fully saturated rings. The van der Waals surface area contributed by atoms with Gasteiger partial charge in [-0.1, -0.05) is 11.6 Å². The average molecular weight is 339 g/mol. The zero-order valence-corrected chi connectivity index (χ0v) is 13.3. The second kappa shape index (κ2) is 6.64. The number of ether oxygens (including phenoxy) is 1. The summed E-state index contributed by atoms with van der Waals surface area (Å²) in [5.41, 5.74) is -0.0179. The van der Waals surface area contributed by atoms with Crippen LogP contribution in [-0.2, 0) is 4.74 Å². The summed E-state index contributed by atoms with van der Waals surface area (Å²) in [5, 5.41) is 0.0252. The van der Waals surface area contributed by atoms with Gasteiger partial charge in [-0.25, -0.2) is 9.97 Å². The third-order valence-electron chi connectivity index (χ3n) is 3.92. The van der Waals surface area contributed by atoms with Gasteiger partial charge in [0.25, 0.3) is 5.56 Å². The Morgan fingerprint density at radius 3 is 2.87 bits per heavy atom. The number of nitrogens with zero attached hydrogens (tertiary/aromatic N) is 3. The fraction of sp³-hybridized carbons (Fsp3) is 0.400. The Bertz CT molecular complexity index is 761. The molecule has 0 aliphatic carbocycles. The second-order valence-corrected chi connectivity index (χ2v) is 5.75. The molecule has 0 unspecified atom stereocenters. The molecule has 0 atom stereocenters. The number of aromatic amines is 1. The van der Waals surface area contributed by atoms with Gasteiger partial charge in [0.15, 0.2) is 5.82 Å². The molecule has 0 bridgehead atoms. The van der Waals surface area contributed by atoms with Crippen LogP contribution in [0.25, 0.3) is 11.4 Å². The lowest BCUT2D eigenvalue weighted by Gasteiger charge is -2.32. The van der Waals surface area contributed by atoms with Crippen LogP contribution in [0.2, 0.25) is 5.02 Å². The van der Waals surface area contributed by atoms with Crippen molar-refractivity contribution in [1.82, 2.24) is 15.0 Å². The van der Waals surface area contributed by atoms with Crippen molar-refractivity contribution in [1.29, 1.82) is 0 Å². The van der Waals surface area contributed by atoms with Crippen molar-refractivity contribution in [2.75, 3.05) is 25.2 Å². The highest BCUT2D eigenvalue weighted by Crippen LogP contribution is 2.26. The maximum absolute atomic E-state index is 13.3. The van der Waals surface area contributed by atoms with E-state index < -0.39 is 11.5 Å². The highest BCUT2D eigenvalue weighted by molar-refractivity contribution is 6.32. The summed E-state index contributed by atoms with van der Waals surface area (Å²) < 4.78 is 18.7. The van der Waals surface area contributed by atoms with Gasteiger partial charge in [0.05, 0.1) is 0 Å². The quantitative estimate of drug-likeness (QED) is 0.869. The lowest BCUT2D eigenvalue weighted by molar-refractivity contribution is 0.0853. The molecule has 0 saturated carbocycles.